The maximum absolute atomic E-state index is 11.6. The van der Waals surface area contributed by atoms with Crippen LogP contribution in [0, 0.1) is 0 Å². The maximum Gasteiger partial charge on any atom is 0.305 e. The highest BCUT2D eigenvalue weighted by Crippen LogP contribution is 2.28. The highest BCUT2D eigenvalue weighted by molar-refractivity contribution is 5.89. The average molecular weight is 324 g/mol. The predicted molar refractivity (Wildman–Crippen MR) is 91.3 cm³/mol. The summed E-state index contributed by atoms with van der Waals surface area (Å²) < 4.78 is 10.2. The molecule has 0 aliphatic carbocycles. The third-order valence-electron chi connectivity index (χ3n) is 4.22. The van der Waals surface area contributed by atoms with Crippen LogP contribution in [0.15, 0.2) is 12.2 Å². The molecule has 132 valence electrons. The number of unbranched alkanes of at least 4 members (excludes halogenated alkanes) is 6. The number of allylic oxidation sites excluding steroid dienone is 1. The molecule has 0 aromatic rings. The first-order chi connectivity index (χ1) is 11.2. The molecule has 4 heteroatoms. The fraction of sp³-hybridized carbons (Fsp3) is 0.789. The Hall–Kier alpha value is -1.16. The van der Waals surface area contributed by atoms with E-state index in [1.54, 1.807) is 6.08 Å². The molecule has 1 saturated heterocycles. The first-order valence-electron chi connectivity index (χ1n) is 9.10. The SMILES string of the molecule is CCCCCC(=O)/C=C/[C@H]1O[C@@H]1CCCCCCCC(=O)OC. The summed E-state index contributed by atoms with van der Waals surface area (Å²) in [5.41, 5.74) is 0. The quantitative estimate of drug-likeness (QED) is 0.206. The van der Waals surface area contributed by atoms with Crippen LogP contribution in [0.5, 0.6) is 0 Å². The average Bonchev–Trinajstić information content (AvgIpc) is 3.30. The molecule has 0 saturated carbocycles. The second-order valence-corrected chi connectivity index (χ2v) is 6.30. The summed E-state index contributed by atoms with van der Waals surface area (Å²) in [4.78, 5) is 22.6. The lowest BCUT2D eigenvalue weighted by Gasteiger charge is -2.00. The highest BCUT2D eigenvalue weighted by Gasteiger charge is 2.35. The first kappa shape index (κ1) is 19.9. The Kier molecular flexibility index (Phi) is 10.6. The van der Waals surface area contributed by atoms with Gasteiger partial charge in [-0.25, -0.2) is 0 Å². The molecule has 1 fully saturated rings. The van der Waals surface area contributed by atoms with E-state index in [9.17, 15) is 9.59 Å². The number of esters is 1. The molecule has 0 radical (unpaired) electrons. The largest absolute Gasteiger partial charge is 0.469 e. The van der Waals surface area contributed by atoms with Gasteiger partial charge in [-0.2, -0.15) is 0 Å². The van der Waals surface area contributed by atoms with Crippen LogP contribution < -0.4 is 0 Å². The second kappa shape index (κ2) is 12.3. The third-order valence-corrected chi connectivity index (χ3v) is 4.22. The molecular weight excluding hydrogens is 292 g/mol. The van der Waals surface area contributed by atoms with Gasteiger partial charge < -0.3 is 9.47 Å². The van der Waals surface area contributed by atoms with Crippen molar-refractivity contribution in [2.45, 2.75) is 89.8 Å². The number of ketones is 1. The van der Waals surface area contributed by atoms with Crippen molar-refractivity contribution in [1.29, 1.82) is 0 Å². The van der Waals surface area contributed by atoms with Crippen molar-refractivity contribution >= 4 is 11.8 Å². The molecule has 1 rings (SSSR count). The van der Waals surface area contributed by atoms with E-state index in [0.717, 1.165) is 51.4 Å². The molecule has 0 spiro atoms. The van der Waals surface area contributed by atoms with E-state index in [4.69, 9.17) is 4.74 Å². The lowest BCUT2D eigenvalue weighted by atomic mass is 10.1. The number of ether oxygens (including phenoxy) is 2. The monoisotopic (exact) mass is 324 g/mol. The van der Waals surface area contributed by atoms with Gasteiger partial charge >= 0.3 is 5.97 Å². The minimum atomic E-state index is -0.116. The van der Waals surface area contributed by atoms with Gasteiger partial charge in [-0.15, -0.1) is 0 Å². The second-order valence-electron chi connectivity index (χ2n) is 6.30. The van der Waals surface area contributed by atoms with Crippen LogP contribution >= 0.6 is 0 Å². The Balaban J connectivity index is 1.92. The number of hydrogen-bond acceptors (Lipinski definition) is 4. The summed E-state index contributed by atoms with van der Waals surface area (Å²) in [6.45, 7) is 2.14. The van der Waals surface area contributed by atoms with Crippen molar-refractivity contribution < 1.29 is 19.1 Å². The van der Waals surface area contributed by atoms with Crippen molar-refractivity contribution in [3.8, 4) is 0 Å². The van der Waals surface area contributed by atoms with Gasteiger partial charge in [0.25, 0.3) is 0 Å². The zero-order valence-corrected chi connectivity index (χ0v) is 14.7. The van der Waals surface area contributed by atoms with E-state index in [2.05, 4.69) is 11.7 Å². The zero-order chi connectivity index (χ0) is 16.9. The third kappa shape index (κ3) is 10.3. The van der Waals surface area contributed by atoms with Gasteiger partial charge in [-0.1, -0.05) is 45.4 Å². The minimum Gasteiger partial charge on any atom is -0.469 e. The molecule has 0 bridgehead atoms. The van der Waals surface area contributed by atoms with E-state index in [1.807, 2.05) is 6.08 Å². The molecule has 0 unspecified atom stereocenters. The van der Waals surface area contributed by atoms with Crippen molar-refractivity contribution in [1.82, 2.24) is 0 Å². The molecule has 1 aliphatic heterocycles. The molecule has 0 aromatic carbocycles. The number of methoxy groups -OCH3 is 1. The molecule has 4 nitrogen and oxygen atoms in total. The summed E-state index contributed by atoms with van der Waals surface area (Å²) in [7, 11) is 1.43. The number of epoxide rings is 1. The molecule has 0 N–H and O–H groups in total. The van der Waals surface area contributed by atoms with Gasteiger partial charge in [0.1, 0.15) is 6.10 Å². The van der Waals surface area contributed by atoms with Crippen molar-refractivity contribution in [3.63, 3.8) is 0 Å². The van der Waals surface area contributed by atoms with Crippen molar-refractivity contribution in [2.75, 3.05) is 7.11 Å². The normalized spacial score (nSPS) is 19.9. The predicted octanol–water partition coefficient (Wildman–Crippen LogP) is 4.36. The molecule has 2 atom stereocenters. The minimum absolute atomic E-state index is 0.116. The van der Waals surface area contributed by atoms with Crippen molar-refractivity contribution in [3.05, 3.63) is 12.2 Å². The van der Waals surface area contributed by atoms with E-state index in [0.29, 0.717) is 18.9 Å². The van der Waals surface area contributed by atoms with Crippen LogP contribution in [0.25, 0.3) is 0 Å². The summed E-state index contributed by atoms with van der Waals surface area (Å²) in [6, 6.07) is 0. The van der Waals surface area contributed by atoms with Crippen LogP contribution in [0.2, 0.25) is 0 Å². The van der Waals surface area contributed by atoms with Gasteiger partial charge in [0, 0.05) is 12.8 Å². The molecular formula is C19H32O4. The van der Waals surface area contributed by atoms with E-state index in [-0.39, 0.29) is 17.9 Å². The molecule has 1 aliphatic rings. The topological polar surface area (TPSA) is 55.9 Å². The van der Waals surface area contributed by atoms with Gasteiger partial charge in [0.05, 0.1) is 13.2 Å². The van der Waals surface area contributed by atoms with E-state index in [1.165, 1.54) is 13.5 Å². The van der Waals surface area contributed by atoms with E-state index >= 15 is 0 Å². The Morgan fingerprint density at radius 3 is 2.43 bits per heavy atom. The van der Waals surface area contributed by atoms with Crippen LogP contribution in [0.4, 0.5) is 0 Å². The van der Waals surface area contributed by atoms with Gasteiger partial charge in [0.2, 0.25) is 0 Å². The van der Waals surface area contributed by atoms with Crippen LogP contribution in [-0.2, 0) is 19.1 Å². The fourth-order valence-electron chi connectivity index (χ4n) is 2.64. The van der Waals surface area contributed by atoms with Gasteiger partial charge in [-0.3, -0.25) is 9.59 Å². The van der Waals surface area contributed by atoms with E-state index < -0.39 is 0 Å². The Bertz CT molecular complexity index is 376. The van der Waals surface area contributed by atoms with Crippen molar-refractivity contribution in [2.24, 2.45) is 0 Å². The number of carbonyl (C=O) groups is 2. The molecule has 23 heavy (non-hydrogen) atoms. The molecule has 1 heterocycles. The van der Waals surface area contributed by atoms with Crippen LogP contribution in [-0.4, -0.2) is 31.1 Å². The number of carbonyl (C=O) groups excluding carboxylic acids is 2. The number of hydrogen-bond donors (Lipinski definition) is 0. The van der Waals surface area contributed by atoms with Crippen LogP contribution in [0.3, 0.4) is 0 Å². The highest BCUT2D eigenvalue weighted by atomic mass is 16.6. The Labute approximate surface area is 140 Å². The maximum atomic E-state index is 11.6. The van der Waals surface area contributed by atoms with Gasteiger partial charge in [0.15, 0.2) is 5.78 Å². The standard InChI is InChI=1S/C19H32O4/c1-3-4-8-11-16(20)14-15-18-17(23-18)12-9-6-5-7-10-13-19(21)22-2/h14-15,17-18H,3-13H2,1-2H3/b15-14+/t17-,18-/m1/s1. The first-order valence-corrected chi connectivity index (χ1v) is 9.10. The summed E-state index contributed by atoms with van der Waals surface area (Å²) in [5.74, 6) is 0.105. The molecule has 0 aromatic heterocycles. The fourth-order valence-corrected chi connectivity index (χ4v) is 2.64. The van der Waals surface area contributed by atoms with Crippen LogP contribution in [0.1, 0.15) is 77.6 Å². The Morgan fingerprint density at radius 2 is 1.70 bits per heavy atom. The smallest absolute Gasteiger partial charge is 0.305 e. The Morgan fingerprint density at radius 1 is 1.00 bits per heavy atom. The summed E-state index contributed by atoms with van der Waals surface area (Å²) in [5, 5.41) is 0. The number of rotatable bonds is 14. The summed E-state index contributed by atoms with van der Waals surface area (Å²) >= 11 is 0. The zero-order valence-electron chi connectivity index (χ0n) is 14.7. The van der Waals surface area contributed by atoms with Gasteiger partial charge in [-0.05, 0) is 31.4 Å². The lowest BCUT2D eigenvalue weighted by Crippen LogP contribution is -1.99. The summed E-state index contributed by atoms with van der Waals surface area (Å²) in [6.07, 6.45) is 15.1. The molecule has 0 amide bonds. The lowest BCUT2D eigenvalue weighted by molar-refractivity contribution is -0.140.